The Morgan fingerprint density at radius 1 is 1.02 bits per heavy atom. The molecule has 3 aliphatic rings. The molecule has 0 bridgehead atoms. The highest BCUT2D eigenvalue weighted by Gasteiger charge is 2.35. The fraction of sp³-hybridized carbons (Fsp3) is 0.474. The molecule has 15 heteroatoms. The van der Waals surface area contributed by atoms with Crippen LogP contribution in [0.3, 0.4) is 0 Å². The van der Waals surface area contributed by atoms with Crippen molar-refractivity contribution >= 4 is 74.3 Å². The molecule has 0 radical (unpaired) electrons. The van der Waals surface area contributed by atoms with Crippen LogP contribution in [0.15, 0.2) is 47.4 Å². The number of aromatic nitrogens is 6. The summed E-state index contributed by atoms with van der Waals surface area (Å²) in [7, 11) is 5.71. The maximum atomic E-state index is 13.1. The topological polar surface area (TPSA) is 147 Å². The van der Waals surface area contributed by atoms with Crippen LogP contribution in [-0.2, 0) is 30.2 Å². The van der Waals surface area contributed by atoms with Crippen molar-refractivity contribution in [3.8, 4) is 0 Å². The van der Waals surface area contributed by atoms with Gasteiger partial charge in [-0.25, -0.2) is 14.7 Å². The number of carbonyl (C=O) groups excluding carboxylic acids is 2. The van der Waals surface area contributed by atoms with E-state index in [1.807, 2.05) is 37.4 Å². The van der Waals surface area contributed by atoms with Crippen molar-refractivity contribution in [2.45, 2.75) is 76.5 Å². The number of anilines is 5. The van der Waals surface area contributed by atoms with Gasteiger partial charge >= 0.3 is 5.69 Å². The van der Waals surface area contributed by atoms with Crippen LogP contribution < -0.4 is 25.7 Å². The third-order valence-electron chi connectivity index (χ3n) is 11.6. The molecular weight excluding hydrogens is 696 g/mol. The van der Waals surface area contributed by atoms with E-state index in [9.17, 15) is 19.5 Å². The van der Waals surface area contributed by atoms with Gasteiger partial charge in [0.2, 0.25) is 17.8 Å². The number of piperidine rings is 2. The maximum absolute atomic E-state index is 13.1. The van der Waals surface area contributed by atoms with Gasteiger partial charge in [0.1, 0.15) is 5.02 Å². The van der Waals surface area contributed by atoms with Gasteiger partial charge in [0.15, 0.2) is 11.6 Å². The van der Waals surface area contributed by atoms with Gasteiger partial charge < -0.3 is 20.2 Å². The minimum absolute atomic E-state index is 0.111. The Bertz CT molecular complexity index is 2290. The number of imide groups is 1. The van der Waals surface area contributed by atoms with Gasteiger partial charge in [-0.2, -0.15) is 10.1 Å². The highest BCUT2D eigenvalue weighted by atomic mass is 35.5. The zero-order valence-electron chi connectivity index (χ0n) is 30.5. The first-order chi connectivity index (χ1) is 25.4. The van der Waals surface area contributed by atoms with Crippen molar-refractivity contribution in [2.75, 3.05) is 40.2 Å². The molecule has 3 aromatic heterocycles. The van der Waals surface area contributed by atoms with Gasteiger partial charge in [-0.05, 0) is 80.8 Å². The van der Waals surface area contributed by atoms with Crippen LogP contribution in [0.4, 0.5) is 29.0 Å². The Kier molecular flexibility index (Phi) is 8.92. The van der Waals surface area contributed by atoms with Gasteiger partial charge in [-0.3, -0.25) is 23.4 Å². The Morgan fingerprint density at radius 2 is 1.79 bits per heavy atom. The normalized spacial score (nSPS) is 20.3. The van der Waals surface area contributed by atoms with Gasteiger partial charge in [-0.1, -0.05) is 18.5 Å². The lowest BCUT2D eigenvalue weighted by Gasteiger charge is -2.42. The monoisotopic (exact) mass is 740 g/mol. The van der Waals surface area contributed by atoms with Crippen LogP contribution in [0.5, 0.6) is 0 Å². The smallest absolute Gasteiger partial charge is 0.328 e. The van der Waals surface area contributed by atoms with E-state index in [0.717, 1.165) is 72.1 Å². The molecule has 1 saturated carbocycles. The number of benzene rings is 2. The van der Waals surface area contributed by atoms with Gasteiger partial charge in [-0.15, -0.1) is 0 Å². The van der Waals surface area contributed by atoms with E-state index < -0.39 is 5.60 Å². The Labute approximate surface area is 311 Å². The van der Waals surface area contributed by atoms with Crippen molar-refractivity contribution in [3.63, 3.8) is 0 Å². The molecule has 2 aromatic carbocycles. The second-order valence-electron chi connectivity index (χ2n) is 15.0. The number of amides is 2. The highest BCUT2D eigenvalue weighted by Crippen LogP contribution is 2.36. The average molecular weight is 741 g/mol. The Balaban J connectivity index is 0.970. The molecule has 8 rings (SSSR count). The summed E-state index contributed by atoms with van der Waals surface area (Å²) in [6.45, 7) is 4.16. The number of carbonyl (C=O) groups is 2. The summed E-state index contributed by atoms with van der Waals surface area (Å²) in [5.41, 5.74) is 3.44. The van der Waals surface area contributed by atoms with Crippen LogP contribution in [0.2, 0.25) is 5.02 Å². The first-order valence-corrected chi connectivity index (χ1v) is 18.8. The molecule has 2 N–H and O–H groups in total. The van der Waals surface area contributed by atoms with E-state index in [2.05, 4.69) is 45.2 Å². The molecule has 2 aliphatic heterocycles. The van der Waals surface area contributed by atoms with E-state index in [1.54, 1.807) is 27.1 Å². The number of nitrogens with zero attached hydrogens (tertiary/aromatic N) is 9. The van der Waals surface area contributed by atoms with Crippen LogP contribution in [-0.4, -0.2) is 77.6 Å². The predicted octanol–water partition coefficient (Wildman–Crippen LogP) is 5.11. The number of nitrogens with one attached hydrogen (secondary N) is 1. The second-order valence-corrected chi connectivity index (χ2v) is 15.4. The molecule has 53 heavy (non-hydrogen) atoms. The zero-order valence-corrected chi connectivity index (χ0v) is 31.3. The molecule has 5 aromatic rings. The maximum Gasteiger partial charge on any atom is 0.328 e. The summed E-state index contributed by atoms with van der Waals surface area (Å²) in [4.78, 5) is 53.6. The summed E-state index contributed by atoms with van der Waals surface area (Å²) in [6, 6.07) is 12.1. The SMILES string of the molecule is C[C@@H]1CN(c2ncc(Cl)c(Nc3ccc4c(c3)n(CCC3(O)CCC3)c(=O)n4C)n2)CC[C@H]1N(C)c1ccc2c(N3C(=O)CCCC3=O)nn(C)c2c1. The Hall–Kier alpha value is -4.95. The third kappa shape index (κ3) is 6.31. The molecule has 14 nitrogen and oxygen atoms in total. The standard InChI is InChI=1S/C38H45ClN10O4/c1-23-22-47(17-13-28(23)44(2)25-10-11-26-30(20-25)46(4)43-35(26)49-32(50)7-5-8-33(49)51)36-40-21-27(39)34(42-36)41-24-9-12-29-31(19-24)48(37(52)45(29)3)18-16-38(53)14-6-15-38/h9-12,19-21,23,28,53H,5-8,13-18,22H2,1-4H3,(H,40,41,42)/t23-,28-/m1/s1. The molecule has 2 saturated heterocycles. The minimum atomic E-state index is -0.679. The molecule has 2 atom stereocenters. The number of hydrogen-bond acceptors (Lipinski definition) is 10. The summed E-state index contributed by atoms with van der Waals surface area (Å²) in [6.07, 6.45) is 6.88. The van der Waals surface area contributed by atoms with Crippen molar-refractivity contribution in [1.29, 1.82) is 0 Å². The van der Waals surface area contributed by atoms with Crippen molar-refractivity contribution in [1.82, 2.24) is 28.9 Å². The molecule has 5 heterocycles. The first-order valence-electron chi connectivity index (χ1n) is 18.4. The molecule has 0 unspecified atom stereocenters. The summed E-state index contributed by atoms with van der Waals surface area (Å²) >= 11 is 6.62. The van der Waals surface area contributed by atoms with Crippen molar-refractivity contribution < 1.29 is 14.7 Å². The number of imidazole rings is 1. The fourth-order valence-electron chi connectivity index (χ4n) is 8.28. The van der Waals surface area contributed by atoms with Crippen LogP contribution in [0, 0.1) is 5.92 Å². The number of hydrogen-bond donors (Lipinski definition) is 2. The van der Waals surface area contributed by atoms with Gasteiger partial charge in [0, 0.05) is 76.4 Å². The number of aliphatic hydroxyl groups is 1. The average Bonchev–Trinajstić information content (AvgIpc) is 3.57. The fourth-order valence-corrected chi connectivity index (χ4v) is 8.41. The third-order valence-corrected chi connectivity index (χ3v) is 11.9. The van der Waals surface area contributed by atoms with Gasteiger partial charge in [0.25, 0.3) is 0 Å². The summed E-state index contributed by atoms with van der Waals surface area (Å²) in [5.74, 6) is 1.34. The van der Waals surface area contributed by atoms with Crippen LogP contribution >= 0.6 is 11.6 Å². The Morgan fingerprint density at radius 3 is 2.51 bits per heavy atom. The highest BCUT2D eigenvalue weighted by molar-refractivity contribution is 6.33. The first kappa shape index (κ1) is 35.1. The van der Waals surface area contributed by atoms with Crippen molar-refractivity contribution in [3.05, 3.63) is 58.1 Å². The predicted molar refractivity (Wildman–Crippen MR) is 206 cm³/mol. The van der Waals surface area contributed by atoms with Gasteiger partial charge in [0.05, 0.1) is 28.3 Å². The minimum Gasteiger partial charge on any atom is -0.390 e. The number of aryl methyl sites for hydroxylation is 3. The van der Waals surface area contributed by atoms with E-state index in [0.29, 0.717) is 54.8 Å². The van der Waals surface area contributed by atoms with Crippen LogP contribution in [0.25, 0.3) is 21.9 Å². The lowest BCUT2D eigenvalue weighted by atomic mass is 9.78. The second kappa shape index (κ2) is 13.5. The zero-order chi connectivity index (χ0) is 37.2. The summed E-state index contributed by atoms with van der Waals surface area (Å²) in [5, 5.41) is 19.8. The lowest BCUT2D eigenvalue weighted by Crippen LogP contribution is -2.49. The quantitative estimate of drug-likeness (QED) is 0.196. The molecule has 0 spiro atoms. The molecule has 1 aliphatic carbocycles. The largest absolute Gasteiger partial charge is 0.390 e. The number of rotatable bonds is 9. The van der Waals surface area contributed by atoms with E-state index in [1.165, 1.54) is 4.90 Å². The van der Waals surface area contributed by atoms with Crippen LogP contribution in [0.1, 0.15) is 58.3 Å². The molecule has 278 valence electrons. The molecule has 3 fully saturated rings. The number of fused-ring (bicyclic) bond motifs is 2. The van der Waals surface area contributed by atoms with E-state index in [-0.39, 0.29) is 29.5 Å². The lowest BCUT2D eigenvalue weighted by molar-refractivity contribution is -0.129. The summed E-state index contributed by atoms with van der Waals surface area (Å²) < 4.78 is 5.11. The van der Waals surface area contributed by atoms with E-state index >= 15 is 0 Å². The van der Waals surface area contributed by atoms with E-state index in [4.69, 9.17) is 16.6 Å². The molecule has 2 amide bonds. The number of halogens is 1. The van der Waals surface area contributed by atoms with Crippen molar-refractivity contribution in [2.24, 2.45) is 20.0 Å². The molecular formula is C38H45ClN10O4.